The average Bonchev–Trinajstić information content (AvgIpc) is 2.33. The highest BCUT2D eigenvalue weighted by Crippen LogP contribution is 2.46. The molecule has 0 spiro atoms. The standard InChI is InChI=1S/C14H20N2O2/c1-15-13(17)18-12-9-14(10-12,16(2)3)11-7-5-4-6-8-11/h4-8,12H,9-10H2,1-3H3,(H,15,17). The Hall–Kier alpha value is -1.55. The first kappa shape index (κ1) is 12.9. The first-order valence-corrected chi connectivity index (χ1v) is 6.20. The smallest absolute Gasteiger partial charge is 0.407 e. The number of amides is 1. The van der Waals surface area contributed by atoms with Crippen molar-refractivity contribution in [3.05, 3.63) is 35.9 Å². The molecule has 1 fully saturated rings. The Bertz CT molecular complexity index is 411. The summed E-state index contributed by atoms with van der Waals surface area (Å²) < 4.78 is 5.29. The zero-order valence-corrected chi connectivity index (χ0v) is 11.1. The number of carbonyl (C=O) groups excluding carboxylic acids is 1. The van der Waals surface area contributed by atoms with E-state index in [4.69, 9.17) is 4.74 Å². The molecule has 1 aromatic carbocycles. The summed E-state index contributed by atoms with van der Waals surface area (Å²) in [5.74, 6) is 0. The average molecular weight is 248 g/mol. The molecule has 0 aliphatic heterocycles. The highest BCUT2D eigenvalue weighted by Gasteiger charge is 2.49. The summed E-state index contributed by atoms with van der Waals surface area (Å²) in [6, 6.07) is 10.4. The van der Waals surface area contributed by atoms with Gasteiger partial charge in [-0.3, -0.25) is 4.90 Å². The second-order valence-electron chi connectivity index (χ2n) is 4.98. The van der Waals surface area contributed by atoms with Crippen LogP contribution in [0.2, 0.25) is 0 Å². The third kappa shape index (κ3) is 2.20. The van der Waals surface area contributed by atoms with E-state index in [1.54, 1.807) is 7.05 Å². The van der Waals surface area contributed by atoms with Gasteiger partial charge < -0.3 is 10.1 Å². The number of hydrogen-bond donors (Lipinski definition) is 1. The number of carbonyl (C=O) groups is 1. The van der Waals surface area contributed by atoms with E-state index in [0.29, 0.717) is 0 Å². The van der Waals surface area contributed by atoms with E-state index >= 15 is 0 Å². The maximum Gasteiger partial charge on any atom is 0.407 e. The largest absolute Gasteiger partial charge is 0.446 e. The van der Waals surface area contributed by atoms with Crippen molar-refractivity contribution in [2.45, 2.75) is 24.5 Å². The SMILES string of the molecule is CNC(=O)OC1CC(c2ccccc2)(N(C)C)C1. The molecule has 0 unspecified atom stereocenters. The summed E-state index contributed by atoms with van der Waals surface area (Å²) in [5.41, 5.74) is 1.28. The second-order valence-corrected chi connectivity index (χ2v) is 4.98. The zero-order chi connectivity index (χ0) is 13.2. The third-order valence-electron chi connectivity index (χ3n) is 3.78. The molecule has 0 saturated heterocycles. The van der Waals surface area contributed by atoms with Crippen molar-refractivity contribution < 1.29 is 9.53 Å². The second kappa shape index (κ2) is 4.98. The minimum Gasteiger partial charge on any atom is -0.446 e. The van der Waals surface area contributed by atoms with E-state index in [1.165, 1.54) is 5.56 Å². The lowest BCUT2D eigenvalue weighted by Gasteiger charge is -2.51. The van der Waals surface area contributed by atoms with Gasteiger partial charge in [-0.15, -0.1) is 0 Å². The molecule has 1 amide bonds. The van der Waals surface area contributed by atoms with Crippen molar-refractivity contribution in [3.8, 4) is 0 Å². The molecule has 98 valence electrons. The molecular weight excluding hydrogens is 228 g/mol. The number of nitrogens with zero attached hydrogens (tertiary/aromatic N) is 1. The molecule has 1 aliphatic rings. The van der Waals surface area contributed by atoms with Crippen LogP contribution in [0.25, 0.3) is 0 Å². The first-order valence-electron chi connectivity index (χ1n) is 6.20. The van der Waals surface area contributed by atoms with E-state index in [2.05, 4.69) is 36.4 Å². The van der Waals surface area contributed by atoms with E-state index in [-0.39, 0.29) is 17.7 Å². The maximum atomic E-state index is 11.2. The van der Waals surface area contributed by atoms with E-state index < -0.39 is 0 Å². The molecule has 4 nitrogen and oxygen atoms in total. The van der Waals surface area contributed by atoms with Crippen LogP contribution in [0.4, 0.5) is 4.79 Å². The van der Waals surface area contributed by atoms with Crippen molar-refractivity contribution in [3.63, 3.8) is 0 Å². The van der Waals surface area contributed by atoms with Crippen LogP contribution in [0.5, 0.6) is 0 Å². The molecule has 0 atom stereocenters. The predicted octanol–water partition coefficient (Wildman–Crippen LogP) is 1.96. The number of rotatable bonds is 3. The summed E-state index contributed by atoms with van der Waals surface area (Å²) in [5, 5.41) is 2.49. The summed E-state index contributed by atoms with van der Waals surface area (Å²) in [7, 11) is 5.73. The van der Waals surface area contributed by atoms with Crippen LogP contribution >= 0.6 is 0 Å². The van der Waals surface area contributed by atoms with E-state index in [0.717, 1.165) is 12.8 Å². The van der Waals surface area contributed by atoms with Crippen molar-refractivity contribution in [1.82, 2.24) is 10.2 Å². The molecule has 0 bridgehead atoms. The third-order valence-corrected chi connectivity index (χ3v) is 3.78. The van der Waals surface area contributed by atoms with Gasteiger partial charge >= 0.3 is 6.09 Å². The lowest BCUT2D eigenvalue weighted by Crippen LogP contribution is -2.55. The fourth-order valence-corrected chi connectivity index (χ4v) is 2.59. The van der Waals surface area contributed by atoms with Crippen LogP contribution in [0.15, 0.2) is 30.3 Å². The molecule has 1 saturated carbocycles. The molecule has 1 aliphatic carbocycles. The van der Waals surface area contributed by atoms with E-state index in [9.17, 15) is 4.79 Å². The van der Waals surface area contributed by atoms with Gasteiger partial charge in [0.05, 0.1) is 5.54 Å². The quantitative estimate of drug-likeness (QED) is 0.889. The number of hydrogen-bond acceptors (Lipinski definition) is 3. The maximum absolute atomic E-state index is 11.2. The van der Waals surface area contributed by atoms with Gasteiger partial charge in [0.2, 0.25) is 0 Å². The Balaban J connectivity index is 2.08. The van der Waals surface area contributed by atoms with Crippen molar-refractivity contribution in [2.75, 3.05) is 21.1 Å². The highest BCUT2D eigenvalue weighted by atomic mass is 16.6. The Labute approximate surface area is 108 Å². The summed E-state index contributed by atoms with van der Waals surface area (Å²) in [6.45, 7) is 0. The molecule has 1 aromatic rings. The van der Waals surface area contributed by atoms with E-state index in [1.807, 2.05) is 18.2 Å². The van der Waals surface area contributed by atoms with Crippen LogP contribution in [0.3, 0.4) is 0 Å². The minimum atomic E-state index is -0.347. The Morgan fingerprint density at radius 2 is 1.94 bits per heavy atom. The molecule has 1 N–H and O–H groups in total. The minimum absolute atomic E-state index is 0.0000515. The van der Waals surface area contributed by atoms with Gasteiger partial charge in [0.15, 0.2) is 0 Å². The molecule has 0 heterocycles. The summed E-state index contributed by atoms with van der Waals surface area (Å²) in [4.78, 5) is 13.4. The fourth-order valence-electron chi connectivity index (χ4n) is 2.59. The monoisotopic (exact) mass is 248 g/mol. The van der Waals surface area contributed by atoms with Crippen LogP contribution < -0.4 is 5.32 Å². The van der Waals surface area contributed by atoms with Gasteiger partial charge in [0.25, 0.3) is 0 Å². The summed E-state index contributed by atoms with van der Waals surface area (Å²) in [6.07, 6.45) is 1.35. The predicted molar refractivity (Wildman–Crippen MR) is 70.4 cm³/mol. The number of nitrogens with one attached hydrogen (secondary N) is 1. The molecule has 18 heavy (non-hydrogen) atoms. The van der Waals surface area contributed by atoms with Crippen molar-refractivity contribution in [1.29, 1.82) is 0 Å². The summed E-state index contributed by atoms with van der Waals surface area (Å²) >= 11 is 0. The Morgan fingerprint density at radius 3 is 2.44 bits per heavy atom. The lowest BCUT2D eigenvalue weighted by atomic mass is 9.69. The van der Waals surface area contributed by atoms with Crippen molar-refractivity contribution in [2.24, 2.45) is 0 Å². The van der Waals surface area contributed by atoms with Crippen LogP contribution in [0.1, 0.15) is 18.4 Å². The highest BCUT2D eigenvalue weighted by molar-refractivity contribution is 5.67. The van der Waals surface area contributed by atoms with Gasteiger partial charge in [-0.25, -0.2) is 4.79 Å². The normalized spacial score (nSPS) is 26.6. The van der Waals surface area contributed by atoms with Crippen molar-refractivity contribution >= 4 is 6.09 Å². The van der Waals surface area contributed by atoms with Crippen LogP contribution in [-0.2, 0) is 10.3 Å². The van der Waals surface area contributed by atoms with Crippen LogP contribution in [-0.4, -0.2) is 38.2 Å². The van der Waals surface area contributed by atoms with Gasteiger partial charge in [-0.1, -0.05) is 30.3 Å². The van der Waals surface area contributed by atoms with Gasteiger partial charge in [-0.05, 0) is 19.7 Å². The molecule has 2 rings (SSSR count). The first-order chi connectivity index (χ1) is 8.58. The Morgan fingerprint density at radius 1 is 1.33 bits per heavy atom. The molecular formula is C14H20N2O2. The Kier molecular flexibility index (Phi) is 3.57. The van der Waals surface area contributed by atoms with Crippen LogP contribution in [0, 0.1) is 0 Å². The fraction of sp³-hybridized carbons (Fsp3) is 0.500. The van der Waals surface area contributed by atoms with Gasteiger partial charge in [0.1, 0.15) is 6.10 Å². The number of ether oxygens (including phenoxy) is 1. The lowest BCUT2D eigenvalue weighted by molar-refractivity contribution is -0.0639. The molecule has 0 aromatic heterocycles. The topological polar surface area (TPSA) is 41.6 Å². The molecule has 0 radical (unpaired) electrons. The number of alkyl carbamates (subject to hydrolysis) is 1. The number of benzene rings is 1. The van der Waals surface area contributed by atoms with Gasteiger partial charge in [0, 0.05) is 19.9 Å². The molecule has 4 heteroatoms. The zero-order valence-electron chi connectivity index (χ0n) is 11.1. The van der Waals surface area contributed by atoms with Gasteiger partial charge in [-0.2, -0.15) is 0 Å².